The molecule has 0 spiro atoms. The first-order chi connectivity index (χ1) is 9.87. The molecule has 0 unspecified atom stereocenters. The maximum atomic E-state index is 12.0. The van der Waals surface area contributed by atoms with Crippen LogP contribution in [0.15, 0.2) is 10.6 Å². The minimum absolute atomic E-state index is 0.236. The number of ether oxygens (including phenoxy) is 1. The summed E-state index contributed by atoms with van der Waals surface area (Å²) in [6, 6.07) is 2.24. The highest BCUT2D eigenvalue weighted by Crippen LogP contribution is 2.15. The van der Waals surface area contributed by atoms with Gasteiger partial charge in [-0.2, -0.15) is 0 Å². The normalized spacial score (nSPS) is 19.0. The predicted molar refractivity (Wildman–Crippen MR) is 78.9 cm³/mol. The van der Waals surface area contributed by atoms with Gasteiger partial charge in [0.1, 0.15) is 5.60 Å². The summed E-state index contributed by atoms with van der Waals surface area (Å²) in [7, 11) is 0. The van der Waals surface area contributed by atoms with Gasteiger partial charge >= 0.3 is 6.09 Å². The Bertz CT molecular complexity index is 479. The first kappa shape index (κ1) is 15.8. The Morgan fingerprint density at radius 1 is 1.57 bits per heavy atom. The number of nitrogens with zero attached hydrogens (tertiary/aromatic N) is 2. The fraction of sp³-hybridized carbons (Fsp3) is 0.733. The molecule has 6 heteroatoms. The third kappa shape index (κ3) is 4.74. The molecule has 0 saturated carbocycles. The molecule has 0 aromatic carbocycles. The average Bonchev–Trinajstić information content (AvgIpc) is 3.03. The summed E-state index contributed by atoms with van der Waals surface area (Å²) in [6.07, 6.45) is 1.56. The molecule has 2 rings (SSSR count). The van der Waals surface area contributed by atoms with Gasteiger partial charge in [-0.3, -0.25) is 0 Å². The van der Waals surface area contributed by atoms with E-state index in [2.05, 4.69) is 10.5 Å². The molecule has 0 aliphatic carbocycles. The molecule has 2 heterocycles. The average molecular weight is 295 g/mol. The van der Waals surface area contributed by atoms with Crippen LogP contribution in [0.5, 0.6) is 0 Å². The second-order valence-corrected chi connectivity index (χ2v) is 6.43. The van der Waals surface area contributed by atoms with Crippen molar-refractivity contribution in [2.24, 2.45) is 0 Å². The summed E-state index contributed by atoms with van der Waals surface area (Å²) in [5.74, 6) is 0.836. The van der Waals surface area contributed by atoms with E-state index < -0.39 is 5.60 Å². The highest BCUT2D eigenvalue weighted by Gasteiger charge is 2.29. The lowest BCUT2D eigenvalue weighted by Crippen LogP contribution is -2.38. The maximum Gasteiger partial charge on any atom is 0.410 e. The SMILES string of the molecule is CCc1cc(CN[C@H]2CCN(C(=O)OC(C)(C)C)C2)on1. The molecule has 21 heavy (non-hydrogen) atoms. The minimum atomic E-state index is -0.445. The van der Waals surface area contributed by atoms with Crippen molar-refractivity contribution in [1.82, 2.24) is 15.4 Å². The number of rotatable bonds is 4. The van der Waals surface area contributed by atoms with Crippen molar-refractivity contribution in [3.63, 3.8) is 0 Å². The quantitative estimate of drug-likeness (QED) is 0.923. The summed E-state index contributed by atoms with van der Waals surface area (Å²) in [5, 5.41) is 7.36. The van der Waals surface area contributed by atoms with E-state index in [0.717, 1.165) is 30.8 Å². The zero-order valence-corrected chi connectivity index (χ0v) is 13.3. The third-order valence-corrected chi connectivity index (χ3v) is 3.37. The number of aryl methyl sites for hydroxylation is 1. The Hall–Kier alpha value is -1.56. The van der Waals surface area contributed by atoms with Crippen LogP contribution in [0.25, 0.3) is 0 Å². The molecule has 6 nitrogen and oxygen atoms in total. The number of carbonyl (C=O) groups excluding carboxylic acids is 1. The van der Waals surface area contributed by atoms with E-state index in [4.69, 9.17) is 9.26 Å². The standard InChI is InChI=1S/C15H25N3O3/c1-5-11-8-13(21-17-11)9-16-12-6-7-18(10-12)14(19)20-15(2,3)4/h8,12,16H,5-7,9-10H2,1-4H3/t12-/m0/s1. The van der Waals surface area contributed by atoms with E-state index in [-0.39, 0.29) is 12.1 Å². The van der Waals surface area contributed by atoms with Crippen molar-refractivity contribution < 1.29 is 14.1 Å². The maximum absolute atomic E-state index is 12.0. The Morgan fingerprint density at radius 2 is 2.33 bits per heavy atom. The van der Waals surface area contributed by atoms with Crippen molar-refractivity contribution >= 4 is 6.09 Å². The van der Waals surface area contributed by atoms with Crippen LogP contribution in [0.1, 0.15) is 45.6 Å². The summed E-state index contributed by atoms with van der Waals surface area (Å²) in [6.45, 7) is 9.72. The molecule has 1 aromatic rings. The molecule has 1 aliphatic heterocycles. The highest BCUT2D eigenvalue weighted by atomic mass is 16.6. The van der Waals surface area contributed by atoms with Crippen molar-refractivity contribution in [3.8, 4) is 0 Å². The summed E-state index contributed by atoms with van der Waals surface area (Å²) >= 11 is 0. The lowest BCUT2D eigenvalue weighted by molar-refractivity contribution is 0.0291. The van der Waals surface area contributed by atoms with Crippen LogP contribution in [-0.2, 0) is 17.7 Å². The van der Waals surface area contributed by atoms with E-state index in [9.17, 15) is 4.79 Å². The first-order valence-corrected chi connectivity index (χ1v) is 7.53. The molecule has 118 valence electrons. The number of nitrogens with one attached hydrogen (secondary N) is 1. The van der Waals surface area contributed by atoms with Crippen LogP contribution >= 0.6 is 0 Å². The Morgan fingerprint density at radius 3 is 2.95 bits per heavy atom. The molecular formula is C15H25N3O3. The fourth-order valence-electron chi connectivity index (χ4n) is 2.27. The zero-order valence-electron chi connectivity index (χ0n) is 13.3. The number of likely N-dealkylation sites (tertiary alicyclic amines) is 1. The summed E-state index contributed by atoms with van der Waals surface area (Å²) < 4.78 is 10.6. The van der Waals surface area contributed by atoms with E-state index in [1.54, 1.807) is 4.90 Å². The van der Waals surface area contributed by atoms with Crippen LogP contribution in [-0.4, -0.2) is 40.9 Å². The molecule has 1 aromatic heterocycles. The zero-order chi connectivity index (χ0) is 15.5. The number of amides is 1. The number of hydrogen-bond donors (Lipinski definition) is 1. The predicted octanol–water partition coefficient (Wildman–Crippen LogP) is 2.34. The van der Waals surface area contributed by atoms with Crippen LogP contribution in [0.2, 0.25) is 0 Å². The van der Waals surface area contributed by atoms with Gasteiger partial charge in [-0.15, -0.1) is 0 Å². The molecule has 1 saturated heterocycles. The number of carbonyl (C=O) groups is 1. The van der Waals surface area contributed by atoms with Gasteiger partial charge < -0.3 is 19.5 Å². The second-order valence-electron chi connectivity index (χ2n) is 6.43. The van der Waals surface area contributed by atoms with Crippen LogP contribution < -0.4 is 5.32 Å². The molecule has 1 aliphatic rings. The van der Waals surface area contributed by atoms with Gasteiger partial charge in [0.15, 0.2) is 5.76 Å². The molecule has 1 fully saturated rings. The first-order valence-electron chi connectivity index (χ1n) is 7.53. The number of hydrogen-bond acceptors (Lipinski definition) is 5. The van der Waals surface area contributed by atoms with Gasteiger partial charge in [-0.25, -0.2) is 4.79 Å². The number of aromatic nitrogens is 1. The van der Waals surface area contributed by atoms with Gasteiger partial charge in [-0.1, -0.05) is 12.1 Å². The van der Waals surface area contributed by atoms with Gasteiger partial charge in [0.2, 0.25) is 0 Å². The third-order valence-electron chi connectivity index (χ3n) is 3.37. The van der Waals surface area contributed by atoms with Crippen LogP contribution in [0, 0.1) is 0 Å². The van der Waals surface area contributed by atoms with E-state index in [1.165, 1.54) is 0 Å². The molecule has 1 amide bonds. The second kappa shape index (κ2) is 6.47. The van der Waals surface area contributed by atoms with Crippen molar-refractivity contribution in [2.45, 2.75) is 58.7 Å². The Kier molecular flexibility index (Phi) is 4.88. The summed E-state index contributed by atoms with van der Waals surface area (Å²) in [5.41, 5.74) is 0.521. The monoisotopic (exact) mass is 295 g/mol. The van der Waals surface area contributed by atoms with Crippen LogP contribution in [0.4, 0.5) is 4.79 Å². The largest absolute Gasteiger partial charge is 0.444 e. The topological polar surface area (TPSA) is 67.6 Å². The van der Waals surface area contributed by atoms with Gasteiger partial charge in [0.05, 0.1) is 12.2 Å². The van der Waals surface area contributed by atoms with Gasteiger partial charge in [0, 0.05) is 25.2 Å². The lowest BCUT2D eigenvalue weighted by Gasteiger charge is -2.24. The van der Waals surface area contributed by atoms with Gasteiger partial charge in [0.25, 0.3) is 0 Å². The van der Waals surface area contributed by atoms with E-state index >= 15 is 0 Å². The lowest BCUT2D eigenvalue weighted by atomic mass is 10.2. The summed E-state index contributed by atoms with van der Waals surface area (Å²) in [4.78, 5) is 13.7. The van der Waals surface area contributed by atoms with Crippen LogP contribution in [0.3, 0.4) is 0 Å². The Labute approximate surface area is 125 Å². The van der Waals surface area contributed by atoms with Crippen molar-refractivity contribution in [2.75, 3.05) is 13.1 Å². The molecule has 0 radical (unpaired) electrons. The highest BCUT2D eigenvalue weighted by molar-refractivity contribution is 5.68. The smallest absolute Gasteiger partial charge is 0.410 e. The molecule has 1 N–H and O–H groups in total. The molecule has 0 bridgehead atoms. The molecule has 1 atom stereocenters. The Balaban J connectivity index is 1.76. The van der Waals surface area contributed by atoms with Crippen molar-refractivity contribution in [1.29, 1.82) is 0 Å². The van der Waals surface area contributed by atoms with Crippen molar-refractivity contribution in [3.05, 3.63) is 17.5 Å². The van der Waals surface area contributed by atoms with E-state index in [1.807, 2.05) is 33.8 Å². The van der Waals surface area contributed by atoms with E-state index in [0.29, 0.717) is 13.1 Å². The minimum Gasteiger partial charge on any atom is -0.444 e. The molecular weight excluding hydrogens is 270 g/mol. The van der Waals surface area contributed by atoms with Gasteiger partial charge in [-0.05, 0) is 33.6 Å². The fourth-order valence-corrected chi connectivity index (χ4v) is 2.27.